The molecule has 1 heterocycles. The average Bonchev–Trinajstić information content (AvgIpc) is 2.92. The highest BCUT2D eigenvalue weighted by Gasteiger charge is 2.30. The van der Waals surface area contributed by atoms with Crippen LogP contribution in [0, 0.1) is 5.92 Å². The number of ether oxygens (including phenoxy) is 1. The van der Waals surface area contributed by atoms with E-state index in [0.717, 1.165) is 25.8 Å². The first-order chi connectivity index (χ1) is 11.3. The van der Waals surface area contributed by atoms with Crippen LogP contribution in [0.2, 0.25) is 0 Å². The van der Waals surface area contributed by atoms with Gasteiger partial charge in [-0.3, -0.25) is 4.79 Å². The van der Waals surface area contributed by atoms with Gasteiger partial charge < -0.3 is 14.7 Å². The van der Waals surface area contributed by atoms with E-state index < -0.39 is 5.97 Å². The number of carboxylic acid groups (broad SMARTS) is 1. The van der Waals surface area contributed by atoms with Crippen molar-refractivity contribution in [1.29, 1.82) is 0 Å². The van der Waals surface area contributed by atoms with Crippen molar-refractivity contribution in [3.63, 3.8) is 0 Å². The minimum absolute atomic E-state index is 0.0797. The highest BCUT2D eigenvalue weighted by atomic mass is 16.5. The fourth-order valence-electron chi connectivity index (χ4n) is 3.24. The standard InChI is InChI=1S/C19H27NO4/c1-12(2)8-16-6-5-7-20(16)18(21)14-9-15(19(22)23)11-17(10-14)24-13(3)4/h9-13,16H,5-8H2,1-4H3,(H,22,23)/t16-/m1/s1. The second-order valence-corrected chi connectivity index (χ2v) is 7.14. The molecule has 0 spiro atoms. The third kappa shape index (κ3) is 4.49. The molecule has 0 aliphatic carbocycles. The molecule has 1 aromatic carbocycles. The first-order valence-electron chi connectivity index (χ1n) is 8.64. The molecule has 0 unspecified atom stereocenters. The molecule has 0 saturated carbocycles. The third-order valence-corrected chi connectivity index (χ3v) is 4.15. The van der Waals surface area contributed by atoms with Crippen LogP contribution in [0.1, 0.15) is 67.7 Å². The van der Waals surface area contributed by atoms with Gasteiger partial charge in [-0.1, -0.05) is 13.8 Å². The van der Waals surface area contributed by atoms with Crippen LogP contribution >= 0.6 is 0 Å². The van der Waals surface area contributed by atoms with Gasteiger partial charge in [0.2, 0.25) is 0 Å². The Morgan fingerprint density at radius 1 is 1.21 bits per heavy atom. The number of amides is 1. The maximum Gasteiger partial charge on any atom is 0.335 e. The summed E-state index contributed by atoms with van der Waals surface area (Å²) >= 11 is 0. The topological polar surface area (TPSA) is 66.8 Å². The van der Waals surface area contributed by atoms with Crippen LogP contribution in [-0.4, -0.2) is 40.6 Å². The molecule has 1 amide bonds. The summed E-state index contributed by atoms with van der Waals surface area (Å²) < 4.78 is 5.62. The van der Waals surface area contributed by atoms with Crippen molar-refractivity contribution in [2.24, 2.45) is 5.92 Å². The molecule has 5 heteroatoms. The van der Waals surface area contributed by atoms with E-state index in [1.165, 1.54) is 12.1 Å². The number of likely N-dealkylation sites (tertiary alicyclic amines) is 1. The molecular formula is C19H27NO4. The lowest BCUT2D eigenvalue weighted by atomic mass is 10.0. The Morgan fingerprint density at radius 3 is 2.46 bits per heavy atom. The van der Waals surface area contributed by atoms with E-state index in [1.54, 1.807) is 6.07 Å². The predicted octanol–water partition coefficient (Wildman–Crippen LogP) is 3.82. The van der Waals surface area contributed by atoms with Crippen molar-refractivity contribution in [3.05, 3.63) is 29.3 Å². The highest BCUT2D eigenvalue weighted by molar-refractivity contribution is 5.98. The van der Waals surface area contributed by atoms with E-state index in [-0.39, 0.29) is 23.6 Å². The second-order valence-electron chi connectivity index (χ2n) is 7.14. The minimum Gasteiger partial charge on any atom is -0.491 e. The molecule has 1 aromatic rings. The third-order valence-electron chi connectivity index (χ3n) is 4.15. The van der Waals surface area contributed by atoms with Crippen molar-refractivity contribution in [2.45, 2.75) is 59.1 Å². The molecule has 132 valence electrons. The molecule has 1 saturated heterocycles. The predicted molar refractivity (Wildman–Crippen MR) is 92.7 cm³/mol. The van der Waals surface area contributed by atoms with Gasteiger partial charge >= 0.3 is 5.97 Å². The second kappa shape index (κ2) is 7.69. The van der Waals surface area contributed by atoms with Gasteiger partial charge in [0.25, 0.3) is 5.91 Å². The van der Waals surface area contributed by atoms with Crippen molar-refractivity contribution in [3.8, 4) is 5.75 Å². The molecule has 2 rings (SSSR count). The fourth-order valence-corrected chi connectivity index (χ4v) is 3.24. The summed E-state index contributed by atoms with van der Waals surface area (Å²) in [5, 5.41) is 9.31. The Bertz CT molecular complexity index is 609. The summed E-state index contributed by atoms with van der Waals surface area (Å²) in [6.07, 6.45) is 2.90. The zero-order chi connectivity index (χ0) is 17.9. The molecule has 0 radical (unpaired) electrons. The summed E-state index contributed by atoms with van der Waals surface area (Å²) in [6, 6.07) is 4.80. The summed E-state index contributed by atoms with van der Waals surface area (Å²) in [5.41, 5.74) is 0.470. The number of benzene rings is 1. The lowest BCUT2D eigenvalue weighted by Crippen LogP contribution is -2.36. The molecular weight excluding hydrogens is 306 g/mol. The highest BCUT2D eigenvalue weighted by Crippen LogP contribution is 2.27. The van der Waals surface area contributed by atoms with E-state index in [1.807, 2.05) is 18.7 Å². The van der Waals surface area contributed by atoms with E-state index in [2.05, 4.69) is 13.8 Å². The van der Waals surface area contributed by atoms with Gasteiger partial charge in [-0.2, -0.15) is 0 Å². The normalized spacial score (nSPS) is 17.6. The van der Waals surface area contributed by atoms with Crippen molar-refractivity contribution < 1.29 is 19.4 Å². The van der Waals surface area contributed by atoms with Crippen molar-refractivity contribution in [2.75, 3.05) is 6.54 Å². The number of hydrogen-bond acceptors (Lipinski definition) is 3. The van der Waals surface area contributed by atoms with Crippen LogP contribution in [0.4, 0.5) is 0 Å². The summed E-state index contributed by atoms with van der Waals surface area (Å²) in [4.78, 5) is 26.2. The molecule has 0 aromatic heterocycles. The minimum atomic E-state index is -1.06. The number of nitrogens with zero attached hydrogens (tertiary/aromatic N) is 1. The van der Waals surface area contributed by atoms with Crippen LogP contribution in [0.25, 0.3) is 0 Å². The van der Waals surface area contributed by atoms with Crippen LogP contribution in [-0.2, 0) is 0 Å². The smallest absolute Gasteiger partial charge is 0.335 e. The Kier molecular flexibility index (Phi) is 5.86. The Balaban J connectivity index is 2.30. The molecule has 1 atom stereocenters. The number of rotatable bonds is 6. The van der Waals surface area contributed by atoms with E-state index in [0.29, 0.717) is 17.2 Å². The van der Waals surface area contributed by atoms with Crippen LogP contribution < -0.4 is 4.74 Å². The van der Waals surface area contributed by atoms with E-state index >= 15 is 0 Å². The number of carbonyl (C=O) groups is 2. The summed E-state index contributed by atoms with van der Waals surface area (Å²) in [5.74, 6) is -0.213. The number of aromatic carboxylic acids is 1. The first kappa shape index (κ1) is 18.3. The van der Waals surface area contributed by atoms with Gasteiger partial charge in [0.05, 0.1) is 11.7 Å². The number of carboxylic acids is 1. The van der Waals surface area contributed by atoms with Gasteiger partial charge in [-0.25, -0.2) is 4.79 Å². The lowest BCUT2D eigenvalue weighted by molar-refractivity contribution is 0.0696. The monoisotopic (exact) mass is 333 g/mol. The molecule has 1 aliphatic rings. The maximum atomic E-state index is 12.9. The lowest BCUT2D eigenvalue weighted by Gasteiger charge is -2.26. The Morgan fingerprint density at radius 2 is 1.88 bits per heavy atom. The Hall–Kier alpha value is -2.04. The molecule has 1 fully saturated rings. The van der Waals surface area contributed by atoms with Crippen molar-refractivity contribution in [1.82, 2.24) is 4.90 Å². The van der Waals surface area contributed by atoms with Gasteiger partial charge in [0, 0.05) is 18.2 Å². The van der Waals surface area contributed by atoms with Gasteiger partial charge in [-0.05, 0) is 57.2 Å². The molecule has 1 aliphatic heterocycles. The first-order valence-corrected chi connectivity index (χ1v) is 8.64. The van der Waals surface area contributed by atoms with Gasteiger partial charge in [0.15, 0.2) is 0 Å². The summed E-state index contributed by atoms with van der Waals surface area (Å²) in [7, 11) is 0. The molecule has 1 N–H and O–H groups in total. The van der Waals surface area contributed by atoms with Crippen LogP contribution in [0.15, 0.2) is 18.2 Å². The fraction of sp³-hybridized carbons (Fsp3) is 0.579. The number of hydrogen-bond donors (Lipinski definition) is 1. The SMILES string of the molecule is CC(C)C[C@H]1CCCN1C(=O)c1cc(OC(C)C)cc(C(=O)O)c1. The Labute approximate surface area is 143 Å². The quantitative estimate of drug-likeness (QED) is 0.859. The van der Waals surface area contributed by atoms with Gasteiger partial charge in [-0.15, -0.1) is 0 Å². The maximum absolute atomic E-state index is 12.9. The molecule has 0 bridgehead atoms. The average molecular weight is 333 g/mol. The van der Waals surface area contributed by atoms with Crippen LogP contribution in [0.3, 0.4) is 0 Å². The molecule has 5 nitrogen and oxygen atoms in total. The van der Waals surface area contributed by atoms with Crippen molar-refractivity contribution >= 4 is 11.9 Å². The zero-order valence-corrected chi connectivity index (χ0v) is 14.9. The van der Waals surface area contributed by atoms with E-state index in [4.69, 9.17) is 4.74 Å². The summed E-state index contributed by atoms with van der Waals surface area (Å²) in [6.45, 7) is 8.78. The van der Waals surface area contributed by atoms with Crippen LogP contribution in [0.5, 0.6) is 5.75 Å². The van der Waals surface area contributed by atoms with Gasteiger partial charge in [0.1, 0.15) is 5.75 Å². The van der Waals surface area contributed by atoms with E-state index in [9.17, 15) is 14.7 Å². The number of carbonyl (C=O) groups excluding carboxylic acids is 1. The molecule has 24 heavy (non-hydrogen) atoms. The largest absolute Gasteiger partial charge is 0.491 e. The zero-order valence-electron chi connectivity index (χ0n) is 14.9.